The first-order valence-electron chi connectivity index (χ1n) is 48.0. The third-order valence-corrected chi connectivity index (χ3v) is 28.5. The molecular weight excluding hydrogens is 1920 g/mol. The van der Waals surface area contributed by atoms with Gasteiger partial charge in [-0.15, -0.1) is 40.8 Å². The molecule has 0 spiro atoms. The molecule has 9 fully saturated rings. The van der Waals surface area contributed by atoms with Crippen molar-refractivity contribution in [1.82, 2.24) is 76.2 Å². The van der Waals surface area contributed by atoms with Crippen LogP contribution in [0.1, 0.15) is 98.8 Å². The summed E-state index contributed by atoms with van der Waals surface area (Å²) in [5.74, 6) is 7.93. The fraction of sp³-hybridized carbons (Fsp3) is 0.417. The predicted octanol–water partition coefficient (Wildman–Crippen LogP) is 16.8. The number of ether oxygens (including phenoxy) is 3. The molecule has 4 aromatic carbocycles. The lowest BCUT2D eigenvalue weighted by atomic mass is 9.92. The van der Waals surface area contributed by atoms with Gasteiger partial charge in [-0.25, -0.2) is 19.9 Å². The fourth-order valence-electron chi connectivity index (χ4n) is 18.4. The number of benzene rings is 4. The number of hydrogen-bond donors (Lipinski definition) is 3. The van der Waals surface area contributed by atoms with E-state index in [1.54, 1.807) is 52.2 Å². The number of para-hydroxylation sites is 4. The van der Waals surface area contributed by atoms with Gasteiger partial charge in [-0.05, 0) is 209 Å². The molecule has 0 saturated carbocycles. The van der Waals surface area contributed by atoms with Crippen LogP contribution in [-0.4, -0.2) is 253 Å². The molecule has 1 unspecified atom stereocenters. The van der Waals surface area contributed by atoms with E-state index < -0.39 is 0 Å². The molecule has 22 rings (SSSR count). The number of carbonyl (C=O) groups is 4. The maximum Gasteiger partial charge on any atom is 0.257 e. The van der Waals surface area contributed by atoms with Gasteiger partial charge < -0.3 is 68.9 Å². The van der Waals surface area contributed by atoms with Crippen LogP contribution in [0.3, 0.4) is 0 Å². The van der Waals surface area contributed by atoms with Gasteiger partial charge in [-0.1, -0.05) is 142 Å². The van der Waals surface area contributed by atoms with E-state index in [4.69, 9.17) is 98.8 Å². The molecule has 738 valence electrons. The number of Topliss-reactive ketones (excluding diaryl/α,β-unsaturated/α-hetero) is 4. The smallest absolute Gasteiger partial charge is 0.257 e. The van der Waals surface area contributed by atoms with Gasteiger partial charge in [-0.3, -0.25) is 19.2 Å². The summed E-state index contributed by atoms with van der Waals surface area (Å²) in [6, 6.07) is 57.9. The number of anilines is 8. The summed E-state index contributed by atoms with van der Waals surface area (Å²) in [7, 11) is 0. The van der Waals surface area contributed by atoms with Crippen LogP contribution in [0.5, 0.6) is 17.6 Å². The van der Waals surface area contributed by atoms with E-state index in [0.717, 1.165) is 259 Å². The molecule has 32 nitrogen and oxygen atoms in total. The van der Waals surface area contributed by atoms with Gasteiger partial charge in [0.25, 0.3) is 17.6 Å². The molecule has 0 radical (unpaired) electrons. The Kier molecular flexibility index (Phi) is 35.2. The van der Waals surface area contributed by atoms with Gasteiger partial charge in [0.05, 0.1) is 96.6 Å². The highest BCUT2D eigenvalue weighted by Gasteiger charge is 2.38. The first-order valence-corrected chi connectivity index (χ1v) is 50.3. The number of aromatic nitrogens is 14. The van der Waals surface area contributed by atoms with E-state index in [2.05, 4.69) is 161 Å². The number of piperidine rings is 5. The number of halogens is 6. The van der Waals surface area contributed by atoms with E-state index >= 15 is 0 Å². The van der Waals surface area contributed by atoms with Gasteiger partial charge in [0.1, 0.15) is 81.8 Å². The Morgan fingerprint density at radius 1 is 0.340 bits per heavy atom. The van der Waals surface area contributed by atoms with E-state index in [1.807, 2.05) is 104 Å². The Bertz CT molecular complexity index is 6430. The number of pyridine rings is 4. The summed E-state index contributed by atoms with van der Waals surface area (Å²) >= 11 is 34.2. The lowest BCUT2D eigenvalue weighted by Crippen LogP contribution is -2.54. The summed E-state index contributed by atoms with van der Waals surface area (Å²) < 4.78 is 18.6. The SMILES string of the molecule is CC(=O)C1CCN(c2cc(Cl)nnc2Cl)CC1.CC(=O)C1CCN(c2cc(Cl)nnc2OC2CN(c3ccc4ccccc4n3)C2)CC1.CC(=O)C1CCN(c2ccnnc2OC2CN(c3ccc4ccccc4n3)C2)CC1.CC(=O)C1CCNCC1.CC(O)C1CCN(c2ccnnc2OC2CN(c3ccc4ccccc4n3)C2)CC1.Clc1cc(Cl)c(Cl)nn1.OC1CN(c2ccc3ccccc3n2)C1. The molecule has 0 bridgehead atoms. The molecule has 1 atom stereocenters. The number of β-amino-alcohol motifs (C(OH)–C–C–N with tert-alkyl or cyclic N) is 1. The summed E-state index contributed by atoms with van der Waals surface area (Å²) in [6.07, 6.45) is 12.3. The van der Waals surface area contributed by atoms with Crippen LogP contribution in [0, 0.1) is 29.6 Å². The molecule has 13 aromatic rings. The minimum Gasteiger partial charge on any atom is -0.468 e. The van der Waals surface area contributed by atoms with Gasteiger partial charge in [0.2, 0.25) is 0 Å². The largest absolute Gasteiger partial charge is 0.468 e. The van der Waals surface area contributed by atoms with Crippen molar-refractivity contribution in [1.29, 1.82) is 0 Å². The molecule has 9 saturated heterocycles. The van der Waals surface area contributed by atoms with E-state index in [0.29, 0.717) is 68.8 Å². The lowest BCUT2D eigenvalue weighted by molar-refractivity contribution is -0.122. The Morgan fingerprint density at radius 2 is 0.645 bits per heavy atom. The van der Waals surface area contributed by atoms with Crippen LogP contribution in [-0.2, 0) is 19.2 Å². The van der Waals surface area contributed by atoms with E-state index in [-0.39, 0.29) is 75.9 Å². The molecule has 3 N–H and O–H groups in total. The highest BCUT2D eigenvalue weighted by molar-refractivity contribution is 6.42. The second kappa shape index (κ2) is 48.7. The number of aliphatic hydroxyl groups excluding tert-OH is 2. The van der Waals surface area contributed by atoms with E-state index in [9.17, 15) is 29.4 Å². The van der Waals surface area contributed by atoms with Crippen LogP contribution in [0.25, 0.3) is 43.6 Å². The third kappa shape index (κ3) is 27.3. The zero-order valence-electron chi connectivity index (χ0n) is 79.3. The van der Waals surface area contributed by atoms with Crippen molar-refractivity contribution in [3.63, 3.8) is 0 Å². The van der Waals surface area contributed by atoms with Gasteiger partial charge in [0, 0.05) is 123 Å². The summed E-state index contributed by atoms with van der Waals surface area (Å²) in [5, 5.41) is 67.8. The highest BCUT2D eigenvalue weighted by Crippen LogP contribution is 2.39. The van der Waals surface area contributed by atoms with Crippen molar-refractivity contribution < 1.29 is 43.6 Å². The number of hydrogen-bond acceptors (Lipinski definition) is 32. The first kappa shape index (κ1) is 102. The highest BCUT2D eigenvalue weighted by atomic mass is 35.5. The number of fused-ring (bicyclic) bond motifs is 4. The van der Waals surface area contributed by atoms with Crippen molar-refractivity contribution in [3.8, 4) is 17.6 Å². The number of carbonyl (C=O) groups excluding carboxylic acids is 4. The van der Waals surface area contributed by atoms with Gasteiger partial charge >= 0.3 is 0 Å². The quantitative estimate of drug-likeness (QED) is 0.0677. The van der Waals surface area contributed by atoms with Crippen LogP contribution in [0.4, 0.5) is 46.0 Å². The fourth-order valence-corrected chi connectivity index (χ4v) is 19.3. The molecule has 0 amide bonds. The Hall–Kier alpha value is -12.0. The number of rotatable bonds is 19. The molecule has 0 aliphatic carbocycles. The molecule has 18 heterocycles. The van der Waals surface area contributed by atoms with Crippen LogP contribution in [0.2, 0.25) is 30.8 Å². The Labute approximate surface area is 849 Å². The normalized spacial score (nSPS) is 17.6. The first-order chi connectivity index (χ1) is 68.3. The third-order valence-electron chi connectivity index (χ3n) is 27.0. The minimum absolute atomic E-state index is 0.0113. The minimum atomic E-state index is -0.247. The van der Waals surface area contributed by atoms with E-state index in [1.165, 1.54) is 6.07 Å². The molecular formula is C103H115Cl6N23O9. The number of nitrogens with one attached hydrogen (secondary N) is 1. The monoisotopic (exact) mass is 2030 g/mol. The maximum atomic E-state index is 11.7. The maximum absolute atomic E-state index is 11.7. The molecule has 9 aromatic heterocycles. The van der Waals surface area contributed by atoms with Crippen LogP contribution < -0.4 is 58.7 Å². The lowest BCUT2D eigenvalue weighted by Gasteiger charge is -2.40. The average Bonchev–Trinajstić information content (AvgIpc) is 0.791. The Balaban J connectivity index is 0.000000124. The van der Waals surface area contributed by atoms with Gasteiger partial charge in [-0.2, -0.15) is 10.2 Å². The predicted molar refractivity (Wildman–Crippen MR) is 555 cm³/mol. The number of nitrogens with zero attached hydrogens (tertiary/aromatic N) is 22. The van der Waals surface area contributed by atoms with Crippen molar-refractivity contribution in [2.24, 2.45) is 29.6 Å². The van der Waals surface area contributed by atoms with Crippen molar-refractivity contribution in [2.45, 2.75) is 129 Å². The van der Waals surface area contributed by atoms with Crippen molar-refractivity contribution >= 4 is 182 Å². The molecule has 38 heteroatoms. The standard InChI is InChI=1S/C23H24ClN5O2.C23H27N5O2.C23H25N5O2.C12H12N2O.C11H13Cl2N3O.C7H13NO.C4HCl3N2/c1-15(30)16-8-10-28(11-9-16)20-12-21(24)26-27-23(20)31-18-13-29(14-18)22-7-6-17-4-2-3-5-19(17)25-22;2*1-16(29)17-9-12-27(13-10-17)21-8-11-24-26-23(21)30-19-14-28(15-19)22-7-6-18-4-2-3-5-20(18)25-22;15-10-7-14(8-10)12-6-5-9-3-1-2-4-11(9)13-12;1-7(17)8-2-4-16(5-3-8)9-6-10(12)14-15-11(9)13;1-6(9)7-2-4-8-5-3-7;5-2-1-3(6)8-9-4(2)7/h2-7,12,16,18H,8-11,13-14H2,1H3;2-8,11,16-17,19,29H,9-10,12-15H2,1H3;2-8,11,17,19H,9-10,12-15H2,1H3;1-6,10,15H,7-8H2;6,8H,2-5H2,1H3;7-8H,2-5H2,1H3;1H. The summed E-state index contributed by atoms with van der Waals surface area (Å²) in [5.41, 5.74) is 7.63. The molecule has 9 aliphatic rings. The van der Waals surface area contributed by atoms with Gasteiger partial charge in [0.15, 0.2) is 25.8 Å². The number of ketones is 4. The van der Waals surface area contributed by atoms with Crippen molar-refractivity contribution in [2.75, 3.05) is 157 Å². The zero-order chi connectivity index (χ0) is 98.6. The van der Waals surface area contributed by atoms with Crippen LogP contribution >= 0.6 is 69.6 Å². The second-order valence-electron chi connectivity index (χ2n) is 36.7. The Morgan fingerprint density at radius 3 is 0.986 bits per heavy atom. The number of aliphatic hydroxyl groups is 2. The second-order valence-corrected chi connectivity index (χ2v) is 39.0. The summed E-state index contributed by atoms with van der Waals surface area (Å²) in [6.45, 7) is 23.2. The topological polar surface area (TPSA) is 355 Å². The molecule has 141 heavy (non-hydrogen) atoms. The summed E-state index contributed by atoms with van der Waals surface area (Å²) in [4.78, 5) is 81.7. The molecule has 9 aliphatic heterocycles. The average molecular weight is 2030 g/mol. The van der Waals surface area contributed by atoms with Crippen LogP contribution in [0.15, 0.2) is 188 Å². The zero-order valence-corrected chi connectivity index (χ0v) is 83.9. The van der Waals surface area contributed by atoms with Crippen molar-refractivity contribution in [3.05, 3.63) is 219 Å².